The van der Waals surface area contributed by atoms with Crippen molar-refractivity contribution in [1.82, 2.24) is 4.72 Å². The monoisotopic (exact) mass is 479 g/mol. The Bertz CT molecular complexity index is 1140. The fourth-order valence-corrected chi connectivity index (χ4v) is 5.46. The number of carboxylic acid groups (broad SMARTS) is 1. The Labute approximate surface area is 191 Å². The number of nitro groups is 1. The summed E-state index contributed by atoms with van der Waals surface area (Å²) < 4.78 is 28.3. The van der Waals surface area contributed by atoms with E-state index in [0.29, 0.717) is 27.4 Å². The van der Waals surface area contributed by atoms with Crippen molar-refractivity contribution in [2.24, 2.45) is 0 Å². The maximum Gasteiger partial charge on any atom is 0.322 e. The van der Waals surface area contributed by atoms with Crippen molar-refractivity contribution in [3.8, 4) is 0 Å². The van der Waals surface area contributed by atoms with E-state index in [0.717, 1.165) is 23.5 Å². The SMILES string of the molecule is CS/C(=C\[N+](=O)[O-])Nc1cccc(C[C@H](NS(=O)(=O)c2c(C)cc(C)cc2C)C(=O)O)c1. The molecule has 0 heterocycles. The van der Waals surface area contributed by atoms with Gasteiger partial charge in [-0.25, -0.2) is 8.42 Å². The molecule has 2 aromatic rings. The molecular weight excluding hydrogens is 454 g/mol. The molecule has 0 saturated carbocycles. The third-order valence-electron chi connectivity index (χ3n) is 4.55. The first-order chi connectivity index (χ1) is 14.9. The Kier molecular flexibility index (Phi) is 8.42. The molecule has 0 spiro atoms. The molecule has 11 heteroatoms. The fraction of sp³-hybridized carbons (Fsp3) is 0.286. The molecule has 2 rings (SSSR count). The van der Waals surface area contributed by atoms with Crippen molar-refractivity contribution in [2.45, 2.75) is 38.1 Å². The number of hydrogen-bond acceptors (Lipinski definition) is 7. The molecule has 0 unspecified atom stereocenters. The van der Waals surface area contributed by atoms with E-state index in [1.807, 2.05) is 6.92 Å². The number of carbonyl (C=O) groups is 1. The molecule has 0 aliphatic carbocycles. The zero-order chi connectivity index (χ0) is 24.1. The van der Waals surface area contributed by atoms with Crippen LogP contribution in [0.5, 0.6) is 0 Å². The van der Waals surface area contributed by atoms with Gasteiger partial charge in [0.2, 0.25) is 10.0 Å². The number of benzene rings is 2. The molecule has 0 amide bonds. The molecule has 0 fully saturated rings. The highest BCUT2D eigenvalue weighted by Crippen LogP contribution is 2.23. The molecule has 0 saturated heterocycles. The van der Waals surface area contributed by atoms with Crippen molar-refractivity contribution < 1.29 is 23.2 Å². The van der Waals surface area contributed by atoms with E-state index in [2.05, 4.69) is 10.0 Å². The van der Waals surface area contributed by atoms with Gasteiger partial charge in [-0.05, 0) is 62.3 Å². The molecule has 0 aromatic heterocycles. The van der Waals surface area contributed by atoms with Gasteiger partial charge in [0.1, 0.15) is 11.1 Å². The van der Waals surface area contributed by atoms with Gasteiger partial charge in [0, 0.05) is 5.69 Å². The van der Waals surface area contributed by atoms with Crippen molar-refractivity contribution in [1.29, 1.82) is 0 Å². The zero-order valence-electron chi connectivity index (χ0n) is 18.1. The van der Waals surface area contributed by atoms with E-state index in [1.165, 1.54) is 0 Å². The van der Waals surface area contributed by atoms with Crippen LogP contribution in [0, 0.1) is 30.9 Å². The molecular formula is C21H25N3O6S2. The lowest BCUT2D eigenvalue weighted by molar-refractivity contribution is -0.402. The van der Waals surface area contributed by atoms with Gasteiger partial charge in [0.15, 0.2) is 0 Å². The van der Waals surface area contributed by atoms with Crippen LogP contribution in [0.25, 0.3) is 0 Å². The molecule has 0 bridgehead atoms. The predicted octanol–water partition coefficient (Wildman–Crippen LogP) is 3.44. The minimum absolute atomic E-state index is 0.0688. The lowest BCUT2D eigenvalue weighted by Crippen LogP contribution is -2.42. The van der Waals surface area contributed by atoms with Gasteiger partial charge in [0.05, 0.1) is 9.82 Å². The summed E-state index contributed by atoms with van der Waals surface area (Å²) in [5, 5.41) is 23.5. The average Bonchev–Trinajstić information content (AvgIpc) is 2.65. The van der Waals surface area contributed by atoms with Gasteiger partial charge in [-0.3, -0.25) is 14.9 Å². The first-order valence-electron chi connectivity index (χ1n) is 9.51. The summed E-state index contributed by atoms with van der Waals surface area (Å²) in [7, 11) is -4.08. The number of aryl methyl sites for hydroxylation is 3. The Balaban J connectivity index is 2.28. The standard InChI is InChI=1S/C21H25N3O6S2/c1-13-8-14(2)20(15(3)9-13)32(29,30)23-18(21(25)26)11-16-6-5-7-17(10-16)22-19(31-4)12-24(27)28/h5-10,12,18,22-23H,11H2,1-4H3,(H,25,26)/b19-12-/t18-/m0/s1. The topological polar surface area (TPSA) is 139 Å². The molecule has 0 aliphatic rings. The molecule has 1 atom stereocenters. The number of thioether (sulfide) groups is 1. The van der Waals surface area contributed by atoms with E-state index in [4.69, 9.17) is 0 Å². The Morgan fingerprint density at radius 2 is 1.84 bits per heavy atom. The maximum atomic E-state index is 13.0. The molecule has 0 radical (unpaired) electrons. The summed E-state index contributed by atoms with van der Waals surface area (Å²) in [6, 6.07) is 8.67. The number of rotatable bonds is 10. The smallest absolute Gasteiger partial charge is 0.322 e. The van der Waals surface area contributed by atoms with Gasteiger partial charge >= 0.3 is 5.97 Å². The van der Waals surface area contributed by atoms with E-state index >= 15 is 0 Å². The van der Waals surface area contributed by atoms with Gasteiger partial charge in [0.25, 0.3) is 6.20 Å². The second-order valence-electron chi connectivity index (χ2n) is 7.25. The summed E-state index contributed by atoms with van der Waals surface area (Å²) in [6.07, 6.45) is 2.40. The minimum Gasteiger partial charge on any atom is -0.480 e. The molecule has 32 heavy (non-hydrogen) atoms. The number of aliphatic carboxylic acids is 1. The fourth-order valence-electron chi connectivity index (χ4n) is 3.40. The van der Waals surface area contributed by atoms with Crippen LogP contribution in [0.1, 0.15) is 22.3 Å². The number of nitrogens with zero attached hydrogens (tertiary/aromatic N) is 1. The van der Waals surface area contributed by atoms with Gasteiger partial charge in [-0.2, -0.15) is 4.72 Å². The van der Waals surface area contributed by atoms with Crippen LogP contribution in [0.3, 0.4) is 0 Å². The summed E-state index contributed by atoms with van der Waals surface area (Å²) in [4.78, 5) is 22.0. The van der Waals surface area contributed by atoms with Crippen LogP contribution in [0.15, 0.2) is 52.5 Å². The highest BCUT2D eigenvalue weighted by molar-refractivity contribution is 8.02. The number of anilines is 1. The average molecular weight is 480 g/mol. The Morgan fingerprint density at radius 1 is 1.22 bits per heavy atom. The van der Waals surface area contributed by atoms with Crippen LogP contribution in [-0.4, -0.2) is 36.7 Å². The third kappa shape index (κ3) is 6.81. The highest BCUT2D eigenvalue weighted by Gasteiger charge is 2.28. The van der Waals surface area contributed by atoms with Crippen LogP contribution in [0.2, 0.25) is 0 Å². The lowest BCUT2D eigenvalue weighted by Gasteiger charge is -2.18. The predicted molar refractivity (Wildman–Crippen MR) is 125 cm³/mol. The first-order valence-corrected chi connectivity index (χ1v) is 12.2. The molecule has 3 N–H and O–H groups in total. The first kappa shape index (κ1) is 25.4. The van der Waals surface area contributed by atoms with E-state index < -0.39 is 27.0 Å². The van der Waals surface area contributed by atoms with E-state index in [9.17, 15) is 28.4 Å². The van der Waals surface area contributed by atoms with Crippen LogP contribution >= 0.6 is 11.8 Å². The van der Waals surface area contributed by atoms with E-state index in [-0.39, 0.29) is 11.3 Å². The number of hydrogen-bond donors (Lipinski definition) is 3. The highest BCUT2D eigenvalue weighted by atomic mass is 32.2. The lowest BCUT2D eigenvalue weighted by atomic mass is 10.1. The summed E-state index contributed by atoms with van der Waals surface area (Å²) in [6.45, 7) is 5.19. The normalized spacial score (nSPS) is 12.9. The number of nitrogens with one attached hydrogen (secondary N) is 2. The summed E-state index contributed by atoms with van der Waals surface area (Å²) in [5.74, 6) is -1.31. The summed E-state index contributed by atoms with van der Waals surface area (Å²) in [5.41, 5.74) is 3.04. The van der Waals surface area contributed by atoms with Crippen molar-refractivity contribution in [3.63, 3.8) is 0 Å². The number of carboxylic acids is 1. The van der Waals surface area contributed by atoms with Gasteiger partial charge in [-0.1, -0.05) is 29.8 Å². The second-order valence-corrected chi connectivity index (χ2v) is 9.75. The van der Waals surface area contributed by atoms with Crippen molar-refractivity contribution in [2.75, 3.05) is 11.6 Å². The zero-order valence-corrected chi connectivity index (χ0v) is 19.7. The Morgan fingerprint density at radius 3 is 2.38 bits per heavy atom. The minimum atomic E-state index is -4.08. The maximum absolute atomic E-state index is 13.0. The largest absolute Gasteiger partial charge is 0.480 e. The number of sulfonamides is 1. The quantitative estimate of drug-likeness (QED) is 0.348. The summed E-state index contributed by atoms with van der Waals surface area (Å²) >= 11 is 1.15. The van der Waals surface area contributed by atoms with Crippen LogP contribution in [0.4, 0.5) is 5.69 Å². The molecule has 2 aromatic carbocycles. The van der Waals surface area contributed by atoms with Gasteiger partial charge in [-0.15, -0.1) is 11.8 Å². The Hall–Kier alpha value is -2.89. The molecule has 9 nitrogen and oxygen atoms in total. The molecule has 172 valence electrons. The molecule has 0 aliphatic heterocycles. The third-order valence-corrected chi connectivity index (χ3v) is 6.97. The van der Waals surface area contributed by atoms with Gasteiger partial charge < -0.3 is 10.4 Å². The van der Waals surface area contributed by atoms with Crippen LogP contribution in [-0.2, 0) is 21.2 Å². The van der Waals surface area contributed by atoms with Crippen molar-refractivity contribution >= 4 is 33.4 Å². The van der Waals surface area contributed by atoms with Crippen molar-refractivity contribution in [3.05, 3.63) is 80.0 Å². The van der Waals surface area contributed by atoms with Crippen LogP contribution < -0.4 is 10.0 Å². The second kappa shape index (κ2) is 10.6. The van der Waals surface area contributed by atoms with E-state index in [1.54, 1.807) is 56.5 Å².